The van der Waals surface area contributed by atoms with Crippen LogP contribution in [0, 0.1) is 0 Å². The van der Waals surface area contributed by atoms with Crippen LogP contribution in [0.5, 0.6) is 0 Å². The van der Waals surface area contributed by atoms with E-state index in [4.69, 9.17) is 14.4 Å². The minimum absolute atomic E-state index is 0.196. The van der Waals surface area contributed by atoms with Crippen LogP contribution in [0.2, 0.25) is 0 Å². The SMILES string of the molecule is CC1(C)c2cc3oc4ccccc4c3cc2-c2cccc(-c3ccc(-c4cnc5ccccc5n4)c4ccccc34)c21. The zero-order valence-corrected chi connectivity index (χ0v) is 23.3. The predicted octanol–water partition coefficient (Wildman–Crippen LogP) is 10.3. The Morgan fingerprint density at radius 2 is 1.19 bits per heavy atom. The van der Waals surface area contributed by atoms with Gasteiger partial charge < -0.3 is 4.42 Å². The van der Waals surface area contributed by atoms with Crippen LogP contribution >= 0.6 is 0 Å². The van der Waals surface area contributed by atoms with Gasteiger partial charge in [0.15, 0.2) is 0 Å². The Morgan fingerprint density at radius 1 is 0.524 bits per heavy atom. The number of furan rings is 1. The van der Waals surface area contributed by atoms with Crippen molar-refractivity contribution in [1.82, 2.24) is 9.97 Å². The highest BCUT2D eigenvalue weighted by Gasteiger charge is 2.38. The predicted molar refractivity (Wildman–Crippen MR) is 173 cm³/mol. The molecule has 1 aliphatic carbocycles. The minimum Gasteiger partial charge on any atom is -0.456 e. The van der Waals surface area contributed by atoms with Crippen molar-refractivity contribution in [1.29, 1.82) is 0 Å². The molecule has 0 unspecified atom stereocenters. The van der Waals surface area contributed by atoms with Crippen molar-refractivity contribution in [3.05, 3.63) is 133 Å². The Kier molecular flexibility index (Phi) is 4.67. The molecule has 1 aliphatic rings. The lowest BCUT2D eigenvalue weighted by molar-refractivity contribution is 0.648. The van der Waals surface area contributed by atoms with Crippen molar-refractivity contribution in [2.24, 2.45) is 0 Å². The summed E-state index contributed by atoms with van der Waals surface area (Å²) < 4.78 is 6.31. The zero-order valence-electron chi connectivity index (χ0n) is 23.3. The summed E-state index contributed by atoms with van der Waals surface area (Å²) >= 11 is 0. The van der Waals surface area contributed by atoms with E-state index in [1.54, 1.807) is 0 Å². The molecule has 3 heteroatoms. The van der Waals surface area contributed by atoms with E-state index in [2.05, 4.69) is 98.8 Å². The first-order chi connectivity index (χ1) is 20.6. The van der Waals surface area contributed by atoms with Crippen LogP contribution in [0.1, 0.15) is 25.0 Å². The molecule has 8 aromatic rings. The second kappa shape index (κ2) is 8.37. The first kappa shape index (κ1) is 23.4. The van der Waals surface area contributed by atoms with E-state index in [0.29, 0.717) is 0 Å². The van der Waals surface area contributed by atoms with E-state index in [0.717, 1.165) is 38.8 Å². The molecule has 42 heavy (non-hydrogen) atoms. The van der Waals surface area contributed by atoms with E-state index in [1.165, 1.54) is 49.5 Å². The molecule has 0 aliphatic heterocycles. The summed E-state index contributed by atoms with van der Waals surface area (Å²) in [6, 6.07) is 40.9. The van der Waals surface area contributed by atoms with Crippen LogP contribution in [0.4, 0.5) is 0 Å². The van der Waals surface area contributed by atoms with Crippen molar-refractivity contribution in [2.75, 3.05) is 0 Å². The van der Waals surface area contributed by atoms with Gasteiger partial charge in [0, 0.05) is 21.8 Å². The fourth-order valence-electron chi connectivity index (χ4n) is 7.16. The molecular weight excluding hydrogens is 512 g/mol. The van der Waals surface area contributed by atoms with Gasteiger partial charge in [-0.3, -0.25) is 4.98 Å². The van der Waals surface area contributed by atoms with E-state index in [9.17, 15) is 0 Å². The van der Waals surface area contributed by atoms with Crippen molar-refractivity contribution >= 4 is 43.7 Å². The number of hydrogen-bond donors (Lipinski definition) is 0. The molecule has 0 N–H and O–H groups in total. The third-order valence-electron chi connectivity index (χ3n) is 9.11. The third-order valence-corrected chi connectivity index (χ3v) is 9.11. The second-order valence-corrected chi connectivity index (χ2v) is 11.8. The van der Waals surface area contributed by atoms with E-state index < -0.39 is 0 Å². The average molecular weight is 539 g/mol. The van der Waals surface area contributed by atoms with Crippen LogP contribution in [-0.2, 0) is 5.41 Å². The van der Waals surface area contributed by atoms with Gasteiger partial charge in [0.05, 0.1) is 22.9 Å². The maximum absolute atomic E-state index is 6.31. The third kappa shape index (κ3) is 3.16. The Balaban J connectivity index is 1.27. The fraction of sp³-hybridized carbons (Fsp3) is 0.0769. The average Bonchev–Trinajstić information content (AvgIpc) is 3.51. The lowest BCUT2D eigenvalue weighted by Crippen LogP contribution is -2.16. The molecule has 6 aromatic carbocycles. The van der Waals surface area contributed by atoms with Gasteiger partial charge in [0.2, 0.25) is 0 Å². The van der Waals surface area contributed by atoms with Crippen LogP contribution in [-0.4, -0.2) is 9.97 Å². The normalized spacial score (nSPS) is 13.7. The molecule has 0 radical (unpaired) electrons. The highest BCUT2D eigenvalue weighted by Crippen LogP contribution is 2.54. The summed E-state index contributed by atoms with van der Waals surface area (Å²) in [6.45, 7) is 4.69. The highest BCUT2D eigenvalue weighted by molar-refractivity contribution is 6.09. The molecule has 9 rings (SSSR count). The largest absolute Gasteiger partial charge is 0.456 e. The number of hydrogen-bond acceptors (Lipinski definition) is 3. The van der Waals surface area contributed by atoms with Crippen molar-refractivity contribution in [3.63, 3.8) is 0 Å². The number of para-hydroxylation sites is 3. The summed E-state index contributed by atoms with van der Waals surface area (Å²) in [5, 5.41) is 4.72. The quantitative estimate of drug-likeness (QED) is 0.220. The molecule has 3 nitrogen and oxygen atoms in total. The molecule has 0 bridgehead atoms. The summed E-state index contributed by atoms with van der Waals surface area (Å²) in [5.74, 6) is 0. The lowest BCUT2D eigenvalue weighted by atomic mass is 9.78. The zero-order chi connectivity index (χ0) is 28.0. The fourth-order valence-corrected chi connectivity index (χ4v) is 7.16. The Morgan fingerprint density at radius 3 is 2.02 bits per heavy atom. The van der Waals surface area contributed by atoms with E-state index in [-0.39, 0.29) is 5.41 Å². The molecule has 0 spiro atoms. The number of benzene rings is 6. The monoisotopic (exact) mass is 538 g/mol. The summed E-state index contributed by atoms with van der Waals surface area (Å²) in [4.78, 5) is 9.68. The van der Waals surface area contributed by atoms with Gasteiger partial charge in [0.1, 0.15) is 11.2 Å². The van der Waals surface area contributed by atoms with Crippen molar-refractivity contribution < 1.29 is 4.42 Å². The lowest BCUT2D eigenvalue weighted by Gasteiger charge is -2.25. The van der Waals surface area contributed by atoms with Gasteiger partial charge in [-0.2, -0.15) is 0 Å². The Bertz CT molecular complexity index is 2400. The number of fused-ring (bicyclic) bond motifs is 8. The maximum atomic E-state index is 6.31. The van der Waals surface area contributed by atoms with Gasteiger partial charge in [-0.05, 0) is 74.5 Å². The molecule has 0 fully saturated rings. The van der Waals surface area contributed by atoms with Crippen LogP contribution in [0.25, 0.3) is 77.3 Å². The number of nitrogens with zero attached hydrogens (tertiary/aromatic N) is 2. The molecule has 2 heterocycles. The second-order valence-electron chi connectivity index (χ2n) is 11.8. The molecule has 0 amide bonds. The van der Waals surface area contributed by atoms with Crippen LogP contribution in [0.3, 0.4) is 0 Å². The molecule has 0 saturated heterocycles. The Hall–Kier alpha value is -5.28. The number of rotatable bonds is 2. The molecular formula is C39H26N2O. The van der Waals surface area contributed by atoms with E-state index >= 15 is 0 Å². The summed E-state index contributed by atoms with van der Waals surface area (Å²) in [5.41, 5.74) is 13.2. The summed E-state index contributed by atoms with van der Waals surface area (Å²) in [7, 11) is 0. The standard InChI is InChI=1S/C39H26N2O/c1-39(2)32-21-37-31(27-12-5-8-17-36(27)42-37)20-30(32)29-14-9-13-28(38(29)39)25-18-19-26(24-11-4-3-10-23(24)25)35-22-40-33-15-6-7-16-34(33)41-35/h3-22H,1-2H3. The van der Waals surface area contributed by atoms with Gasteiger partial charge in [0.25, 0.3) is 0 Å². The molecule has 2 aromatic heterocycles. The maximum Gasteiger partial charge on any atom is 0.135 e. The van der Waals surface area contributed by atoms with Crippen LogP contribution in [0.15, 0.2) is 126 Å². The van der Waals surface area contributed by atoms with Gasteiger partial charge in [-0.15, -0.1) is 0 Å². The van der Waals surface area contributed by atoms with E-state index in [1.807, 2.05) is 36.5 Å². The molecule has 198 valence electrons. The Labute approximate surface area is 243 Å². The van der Waals surface area contributed by atoms with Crippen LogP contribution < -0.4 is 0 Å². The first-order valence-electron chi connectivity index (χ1n) is 14.4. The smallest absolute Gasteiger partial charge is 0.135 e. The van der Waals surface area contributed by atoms with Gasteiger partial charge in [-0.1, -0.05) is 98.8 Å². The minimum atomic E-state index is -0.196. The van der Waals surface area contributed by atoms with Gasteiger partial charge >= 0.3 is 0 Å². The molecule has 0 saturated carbocycles. The number of aromatic nitrogens is 2. The topological polar surface area (TPSA) is 38.9 Å². The molecule has 0 atom stereocenters. The first-order valence-corrected chi connectivity index (χ1v) is 14.4. The van der Waals surface area contributed by atoms with Crippen molar-refractivity contribution in [3.8, 4) is 33.5 Å². The van der Waals surface area contributed by atoms with Gasteiger partial charge in [-0.25, -0.2) is 4.98 Å². The van der Waals surface area contributed by atoms with Crippen molar-refractivity contribution in [2.45, 2.75) is 19.3 Å². The summed E-state index contributed by atoms with van der Waals surface area (Å²) in [6.07, 6.45) is 1.89. The highest BCUT2D eigenvalue weighted by atomic mass is 16.3.